The molecule has 6 heterocycles. The summed E-state index contributed by atoms with van der Waals surface area (Å²) in [4.78, 5) is 52.0. The number of alkyl halides is 3. The highest BCUT2D eigenvalue weighted by Gasteiger charge is 2.49. The predicted octanol–water partition coefficient (Wildman–Crippen LogP) is 9.88. The number of hydrogen-bond acceptors (Lipinski definition) is 12. The zero-order valence-electron chi connectivity index (χ0n) is 31.0. The molecule has 302 valence electrons. The Morgan fingerprint density at radius 2 is 1.12 bits per heavy atom. The van der Waals surface area contributed by atoms with Gasteiger partial charge in [-0.3, -0.25) is 4.90 Å². The Balaban J connectivity index is 0.000000180. The van der Waals surface area contributed by atoms with Crippen LogP contribution in [0.1, 0.15) is 19.8 Å². The van der Waals surface area contributed by atoms with E-state index in [2.05, 4.69) is 40.5 Å². The number of benzene rings is 2. The lowest BCUT2D eigenvalue weighted by Gasteiger charge is -2.35. The molecule has 59 heavy (non-hydrogen) atoms. The third-order valence-electron chi connectivity index (χ3n) is 8.95. The summed E-state index contributed by atoms with van der Waals surface area (Å²) in [6.45, 7) is 2.11. The van der Waals surface area contributed by atoms with Gasteiger partial charge in [0.25, 0.3) is 0 Å². The largest absolute Gasteiger partial charge is 0.449 e. The highest BCUT2D eigenvalue weighted by atomic mass is 35.5. The number of carbonyl (C=O) groups excluding carboxylic acids is 2. The molecule has 0 radical (unpaired) electrons. The maximum Gasteiger partial charge on any atom is 0.416 e. The number of carbonyl (C=O) groups is 2. The average Bonchev–Trinajstić information content (AvgIpc) is 3.21. The van der Waals surface area contributed by atoms with Crippen LogP contribution in [0, 0.1) is 0 Å². The first-order valence-corrected chi connectivity index (χ1v) is 18.8. The van der Waals surface area contributed by atoms with Gasteiger partial charge < -0.3 is 20.1 Å². The summed E-state index contributed by atoms with van der Waals surface area (Å²) in [5.41, 5.74) is 3.89. The molecule has 2 saturated heterocycles. The maximum atomic E-state index is 13.4. The lowest BCUT2D eigenvalue weighted by Crippen LogP contribution is -2.53. The van der Waals surface area contributed by atoms with E-state index in [4.69, 9.17) is 32.7 Å². The van der Waals surface area contributed by atoms with E-state index in [9.17, 15) is 22.8 Å². The third-order valence-corrected chi connectivity index (χ3v) is 9.42. The van der Waals surface area contributed by atoms with Crippen LogP contribution in [0.4, 0.5) is 57.7 Å². The zero-order valence-corrected chi connectivity index (χ0v) is 32.5. The second-order valence-corrected chi connectivity index (χ2v) is 13.9. The molecule has 2 aliphatic heterocycles. The number of ether oxygens (including phenoxy) is 2. The lowest BCUT2D eigenvalue weighted by atomic mass is 10.1. The molecule has 8 rings (SSSR count). The van der Waals surface area contributed by atoms with Crippen LogP contribution in [-0.2, 0) is 9.47 Å². The SMILES string of the molecule is CC1CCOC(=O)N1c1cc(-c2ccnc(Nc3cccc(Cl)c3)n2)ccn1.O=C1OCCC(C(F)(F)F)N1c1cc(-c2ccnc(Nc3cccc(Cl)c3)n2)ccn1. The first-order chi connectivity index (χ1) is 28.4. The fourth-order valence-corrected chi connectivity index (χ4v) is 6.51. The molecule has 2 aliphatic rings. The summed E-state index contributed by atoms with van der Waals surface area (Å²) in [6, 6.07) is 22.3. The molecule has 14 nitrogen and oxygen atoms in total. The molecule has 0 spiro atoms. The third kappa shape index (κ3) is 10.1. The van der Waals surface area contributed by atoms with Gasteiger partial charge in [-0.2, -0.15) is 13.2 Å². The van der Waals surface area contributed by atoms with Crippen molar-refractivity contribution < 1.29 is 32.2 Å². The van der Waals surface area contributed by atoms with Crippen LogP contribution in [0.25, 0.3) is 22.5 Å². The predicted molar refractivity (Wildman–Crippen MR) is 216 cm³/mol. The van der Waals surface area contributed by atoms with Crippen molar-refractivity contribution in [2.24, 2.45) is 0 Å². The minimum atomic E-state index is -4.61. The fourth-order valence-electron chi connectivity index (χ4n) is 6.13. The molecule has 2 aromatic carbocycles. The van der Waals surface area contributed by atoms with Crippen molar-refractivity contribution in [3.8, 4) is 22.5 Å². The van der Waals surface area contributed by atoms with Gasteiger partial charge in [-0.1, -0.05) is 35.3 Å². The number of hydrogen-bond donors (Lipinski definition) is 2. The normalized spacial score (nSPS) is 16.6. The molecule has 2 unspecified atom stereocenters. The Hall–Kier alpha value is -6.59. The van der Waals surface area contributed by atoms with Crippen LogP contribution < -0.4 is 20.4 Å². The first kappa shape index (κ1) is 40.6. The number of cyclic esters (lactones) is 2. The van der Waals surface area contributed by atoms with E-state index < -0.39 is 18.3 Å². The van der Waals surface area contributed by atoms with Crippen molar-refractivity contribution in [2.45, 2.75) is 38.0 Å². The molecule has 19 heteroatoms. The van der Waals surface area contributed by atoms with Crippen molar-refractivity contribution in [3.05, 3.63) is 120 Å². The monoisotopic (exact) mass is 844 g/mol. The Morgan fingerprint density at radius 3 is 1.61 bits per heavy atom. The standard InChI is InChI=1S/C20H15ClF3N5O2.C20H18ClN5O2/c21-13-2-1-3-14(11-13)27-18-26-8-5-15(28-18)12-4-7-25-17(10-12)29-16(20(22,23)24)6-9-31-19(29)30;1-13-7-10-28-20(27)26(13)18-11-14(5-8-22-18)17-6-9-23-19(25-17)24-16-4-2-3-15(21)12-16/h1-5,7-8,10-11,16H,6,9H2,(H,26,27,28);2-6,8-9,11-13H,7,10H2,1H3,(H,23,24,25). The molecule has 2 atom stereocenters. The van der Waals surface area contributed by atoms with E-state index in [0.717, 1.165) is 17.7 Å². The zero-order chi connectivity index (χ0) is 41.5. The van der Waals surface area contributed by atoms with Gasteiger partial charge in [0.15, 0.2) is 0 Å². The summed E-state index contributed by atoms with van der Waals surface area (Å²) < 4.78 is 50.3. The van der Waals surface area contributed by atoms with Gasteiger partial charge in [0, 0.05) is 76.2 Å². The van der Waals surface area contributed by atoms with E-state index in [1.165, 1.54) is 18.5 Å². The van der Waals surface area contributed by atoms with Crippen molar-refractivity contribution in [3.63, 3.8) is 0 Å². The van der Waals surface area contributed by atoms with E-state index in [1.54, 1.807) is 71.9 Å². The highest BCUT2D eigenvalue weighted by Crippen LogP contribution is 2.35. The second kappa shape index (κ2) is 17.9. The van der Waals surface area contributed by atoms with Crippen molar-refractivity contribution in [1.29, 1.82) is 0 Å². The van der Waals surface area contributed by atoms with Gasteiger partial charge >= 0.3 is 18.4 Å². The van der Waals surface area contributed by atoms with Crippen LogP contribution in [0.3, 0.4) is 0 Å². The molecule has 0 saturated carbocycles. The quantitative estimate of drug-likeness (QED) is 0.150. The van der Waals surface area contributed by atoms with Gasteiger partial charge in [0.1, 0.15) is 17.7 Å². The molecule has 4 aromatic heterocycles. The van der Waals surface area contributed by atoms with Crippen LogP contribution in [-0.4, -0.2) is 73.6 Å². The lowest BCUT2D eigenvalue weighted by molar-refractivity contribution is -0.154. The summed E-state index contributed by atoms with van der Waals surface area (Å²) >= 11 is 12.0. The number of nitrogens with zero attached hydrogens (tertiary/aromatic N) is 8. The van der Waals surface area contributed by atoms with Gasteiger partial charge in [0.2, 0.25) is 11.9 Å². The molecule has 2 amide bonds. The number of amides is 2. The number of aromatic nitrogens is 6. The Bertz CT molecular complexity index is 2460. The Kier molecular flexibility index (Phi) is 12.3. The smallest absolute Gasteiger partial charge is 0.416 e. The first-order valence-electron chi connectivity index (χ1n) is 18.0. The van der Waals surface area contributed by atoms with E-state index in [1.807, 2.05) is 31.2 Å². The summed E-state index contributed by atoms with van der Waals surface area (Å²) in [5.74, 6) is 1.08. The average molecular weight is 846 g/mol. The van der Waals surface area contributed by atoms with Gasteiger partial charge in [-0.25, -0.2) is 44.4 Å². The van der Waals surface area contributed by atoms with Gasteiger partial charge in [-0.05, 0) is 79.7 Å². The number of rotatable bonds is 8. The van der Waals surface area contributed by atoms with E-state index in [-0.39, 0.29) is 36.9 Å². The number of pyridine rings is 2. The number of anilines is 6. The van der Waals surface area contributed by atoms with Crippen LogP contribution in [0.5, 0.6) is 0 Å². The summed E-state index contributed by atoms with van der Waals surface area (Å²) in [7, 11) is 0. The minimum absolute atomic E-state index is 0.0226. The second-order valence-electron chi connectivity index (χ2n) is 13.1. The van der Waals surface area contributed by atoms with Crippen molar-refractivity contribution in [1.82, 2.24) is 29.9 Å². The Labute approximate surface area is 345 Å². The van der Waals surface area contributed by atoms with Crippen LogP contribution in [0.15, 0.2) is 110 Å². The molecule has 2 N–H and O–H groups in total. The summed E-state index contributed by atoms with van der Waals surface area (Å²) in [6.07, 6.45) is 0.452. The summed E-state index contributed by atoms with van der Waals surface area (Å²) in [5, 5.41) is 7.31. The van der Waals surface area contributed by atoms with Crippen molar-refractivity contribution >= 4 is 70.3 Å². The maximum absolute atomic E-state index is 13.4. The van der Waals surface area contributed by atoms with Crippen molar-refractivity contribution in [2.75, 3.05) is 33.6 Å². The van der Waals surface area contributed by atoms with E-state index >= 15 is 0 Å². The van der Waals surface area contributed by atoms with Crippen LogP contribution >= 0.6 is 23.2 Å². The Morgan fingerprint density at radius 1 is 0.644 bits per heavy atom. The van der Waals surface area contributed by atoms with E-state index in [0.29, 0.717) is 56.0 Å². The number of nitrogens with one attached hydrogen (secondary N) is 2. The highest BCUT2D eigenvalue weighted by molar-refractivity contribution is 6.31. The minimum Gasteiger partial charge on any atom is -0.449 e. The molecular formula is C40H33Cl2F3N10O4. The molecule has 0 aliphatic carbocycles. The van der Waals surface area contributed by atoms with Crippen LogP contribution in [0.2, 0.25) is 10.0 Å². The van der Waals surface area contributed by atoms with Gasteiger partial charge in [0.05, 0.1) is 24.6 Å². The fraction of sp³-hybridized carbons (Fsp3) is 0.200. The molecular weight excluding hydrogens is 812 g/mol. The topological polar surface area (TPSA) is 160 Å². The molecule has 2 fully saturated rings. The molecule has 0 bridgehead atoms. The molecule has 6 aromatic rings. The number of halogens is 5. The van der Waals surface area contributed by atoms with Gasteiger partial charge in [-0.15, -0.1) is 0 Å².